The van der Waals surface area contributed by atoms with Crippen LogP contribution in [0, 0.1) is 5.92 Å². The van der Waals surface area contributed by atoms with Gasteiger partial charge in [0.05, 0.1) is 0 Å². The maximum absolute atomic E-state index is 5.31. The van der Waals surface area contributed by atoms with E-state index in [1.807, 2.05) is 0 Å². The predicted molar refractivity (Wildman–Crippen MR) is 54.9 cm³/mol. The van der Waals surface area contributed by atoms with Crippen molar-refractivity contribution < 1.29 is 4.74 Å². The second-order valence-electron chi connectivity index (χ2n) is 3.23. The van der Waals surface area contributed by atoms with Crippen molar-refractivity contribution in [1.82, 2.24) is 9.36 Å². The lowest BCUT2D eigenvalue weighted by atomic mass is 10.0. The van der Waals surface area contributed by atoms with Crippen molar-refractivity contribution in [2.24, 2.45) is 5.92 Å². The number of hydrogen-bond acceptors (Lipinski definition) is 4. The van der Waals surface area contributed by atoms with E-state index in [0.29, 0.717) is 0 Å². The van der Waals surface area contributed by atoms with Gasteiger partial charge in [0, 0.05) is 19.6 Å². The third kappa shape index (κ3) is 2.72. The van der Waals surface area contributed by atoms with Gasteiger partial charge in [-0.3, -0.25) is 0 Å². The van der Waals surface area contributed by atoms with Crippen LogP contribution < -0.4 is 0 Å². The van der Waals surface area contributed by atoms with E-state index < -0.39 is 0 Å². The Morgan fingerprint density at radius 2 is 2.54 bits per heavy atom. The molecule has 0 saturated carbocycles. The van der Waals surface area contributed by atoms with Crippen LogP contribution in [0.15, 0.2) is 4.73 Å². The molecule has 2 rings (SSSR count). The number of nitrogens with zero attached hydrogens (tertiary/aromatic N) is 2. The number of hydrogen-bond donors (Lipinski definition) is 0. The highest BCUT2D eigenvalue weighted by Crippen LogP contribution is 2.20. The molecule has 0 aliphatic carbocycles. The van der Waals surface area contributed by atoms with Gasteiger partial charge in [0.2, 0.25) is 4.73 Å². The molecule has 1 aliphatic rings. The van der Waals surface area contributed by atoms with Crippen LogP contribution in [0.3, 0.4) is 0 Å². The summed E-state index contributed by atoms with van der Waals surface area (Å²) >= 11 is 4.73. The predicted octanol–water partition coefficient (Wildman–Crippen LogP) is 2.27. The first-order valence-corrected chi connectivity index (χ1v) is 5.97. The van der Waals surface area contributed by atoms with Gasteiger partial charge in [-0.2, -0.15) is 4.37 Å². The molecule has 0 aromatic carbocycles. The summed E-state index contributed by atoms with van der Waals surface area (Å²) in [6.45, 7) is 1.87. The molecule has 1 aromatic rings. The number of aromatic nitrogens is 2. The normalized spacial score (nSPS) is 22.4. The van der Waals surface area contributed by atoms with E-state index in [-0.39, 0.29) is 0 Å². The van der Waals surface area contributed by atoms with Gasteiger partial charge in [0.25, 0.3) is 0 Å². The van der Waals surface area contributed by atoms with Crippen molar-refractivity contribution in [3.8, 4) is 0 Å². The fourth-order valence-electron chi connectivity index (χ4n) is 1.47. The lowest BCUT2D eigenvalue weighted by Crippen LogP contribution is -2.00. The zero-order chi connectivity index (χ0) is 9.10. The van der Waals surface area contributed by atoms with Crippen molar-refractivity contribution >= 4 is 27.5 Å². The van der Waals surface area contributed by atoms with Crippen molar-refractivity contribution in [2.75, 3.05) is 13.2 Å². The van der Waals surface area contributed by atoms with Crippen molar-refractivity contribution in [3.63, 3.8) is 0 Å². The Morgan fingerprint density at radius 3 is 3.15 bits per heavy atom. The third-order valence-corrected chi connectivity index (χ3v) is 3.59. The van der Waals surface area contributed by atoms with E-state index in [1.54, 1.807) is 0 Å². The van der Waals surface area contributed by atoms with E-state index in [1.165, 1.54) is 24.4 Å². The van der Waals surface area contributed by atoms with E-state index >= 15 is 0 Å². The highest BCUT2D eigenvalue weighted by atomic mass is 79.9. The summed E-state index contributed by atoms with van der Waals surface area (Å²) in [6, 6.07) is 0. The lowest BCUT2D eigenvalue weighted by Gasteiger charge is -2.03. The number of halogens is 1. The molecule has 1 aliphatic heterocycles. The monoisotopic (exact) mass is 262 g/mol. The van der Waals surface area contributed by atoms with Crippen molar-refractivity contribution in [2.45, 2.75) is 19.3 Å². The van der Waals surface area contributed by atoms with Gasteiger partial charge in [-0.15, -0.1) is 0 Å². The number of rotatable bonds is 3. The molecule has 0 bridgehead atoms. The highest BCUT2D eigenvalue weighted by molar-refractivity contribution is 9.10. The quantitative estimate of drug-likeness (QED) is 0.839. The van der Waals surface area contributed by atoms with Crippen molar-refractivity contribution in [1.29, 1.82) is 0 Å². The molecule has 1 atom stereocenters. The zero-order valence-electron chi connectivity index (χ0n) is 7.20. The Balaban J connectivity index is 1.78. The summed E-state index contributed by atoms with van der Waals surface area (Å²) < 4.78 is 10.1. The molecular formula is C8H11BrN2OS. The molecule has 5 heteroatoms. The maximum atomic E-state index is 5.31. The minimum Gasteiger partial charge on any atom is -0.381 e. The molecule has 1 aromatic heterocycles. The lowest BCUT2D eigenvalue weighted by molar-refractivity contribution is 0.184. The molecule has 72 valence electrons. The second-order valence-corrected chi connectivity index (χ2v) is 4.77. The first-order chi connectivity index (χ1) is 6.34. The van der Waals surface area contributed by atoms with Crippen LogP contribution in [0.4, 0.5) is 0 Å². The minimum absolute atomic E-state index is 0.718. The standard InChI is InChI=1S/C8H11BrN2OS/c9-8-10-7(13-11-8)2-1-6-3-4-12-5-6/h6H,1-5H2. The van der Waals surface area contributed by atoms with Gasteiger partial charge in [0.1, 0.15) is 5.01 Å². The first kappa shape index (κ1) is 9.55. The van der Waals surface area contributed by atoms with E-state index in [4.69, 9.17) is 4.74 Å². The topological polar surface area (TPSA) is 35.0 Å². The summed E-state index contributed by atoms with van der Waals surface area (Å²) in [7, 11) is 0. The largest absolute Gasteiger partial charge is 0.381 e. The number of aryl methyl sites for hydroxylation is 1. The molecule has 0 radical (unpaired) electrons. The molecule has 0 spiro atoms. The molecule has 0 amide bonds. The molecule has 1 fully saturated rings. The molecule has 0 N–H and O–H groups in total. The Morgan fingerprint density at radius 1 is 1.62 bits per heavy atom. The molecule has 1 saturated heterocycles. The Labute approximate surface area is 89.8 Å². The van der Waals surface area contributed by atoms with Gasteiger partial charge < -0.3 is 4.74 Å². The van der Waals surface area contributed by atoms with Gasteiger partial charge >= 0.3 is 0 Å². The summed E-state index contributed by atoms with van der Waals surface area (Å²) in [5.41, 5.74) is 0. The van der Waals surface area contributed by atoms with Crippen LogP contribution in [0.1, 0.15) is 17.8 Å². The van der Waals surface area contributed by atoms with Gasteiger partial charge in [0.15, 0.2) is 0 Å². The zero-order valence-corrected chi connectivity index (χ0v) is 9.60. The van der Waals surface area contributed by atoms with Crippen LogP contribution in [-0.4, -0.2) is 22.6 Å². The van der Waals surface area contributed by atoms with Gasteiger partial charge in [-0.1, -0.05) is 0 Å². The molecule has 1 unspecified atom stereocenters. The fraction of sp³-hybridized carbons (Fsp3) is 0.750. The first-order valence-electron chi connectivity index (χ1n) is 4.40. The summed E-state index contributed by atoms with van der Waals surface area (Å²) in [4.78, 5) is 4.25. The fourth-order valence-corrected chi connectivity index (χ4v) is 2.58. The molecular weight excluding hydrogens is 252 g/mol. The summed E-state index contributed by atoms with van der Waals surface area (Å²) in [5.74, 6) is 0.739. The van der Waals surface area contributed by atoms with Crippen LogP contribution in [0.2, 0.25) is 0 Å². The van der Waals surface area contributed by atoms with E-state index in [2.05, 4.69) is 25.3 Å². The van der Waals surface area contributed by atoms with Crippen LogP contribution >= 0.6 is 27.5 Å². The van der Waals surface area contributed by atoms with E-state index in [0.717, 1.165) is 35.3 Å². The van der Waals surface area contributed by atoms with E-state index in [9.17, 15) is 0 Å². The van der Waals surface area contributed by atoms with Crippen LogP contribution in [0.5, 0.6) is 0 Å². The highest BCUT2D eigenvalue weighted by Gasteiger charge is 2.15. The Bertz CT molecular complexity index is 273. The Kier molecular flexibility index (Phi) is 3.29. The van der Waals surface area contributed by atoms with Crippen molar-refractivity contribution in [3.05, 3.63) is 9.74 Å². The average molecular weight is 263 g/mol. The average Bonchev–Trinajstić information content (AvgIpc) is 2.71. The Hall–Kier alpha value is -0.0000000000000000278. The minimum atomic E-state index is 0.718. The molecule has 3 nitrogen and oxygen atoms in total. The maximum Gasteiger partial charge on any atom is 0.209 e. The third-order valence-electron chi connectivity index (χ3n) is 2.23. The number of ether oxygens (including phenoxy) is 1. The van der Waals surface area contributed by atoms with Crippen LogP contribution in [0.25, 0.3) is 0 Å². The summed E-state index contributed by atoms with van der Waals surface area (Å²) in [6.07, 6.45) is 3.43. The van der Waals surface area contributed by atoms with Gasteiger partial charge in [-0.05, 0) is 46.2 Å². The van der Waals surface area contributed by atoms with Crippen LogP contribution in [-0.2, 0) is 11.2 Å². The second kappa shape index (κ2) is 4.48. The summed E-state index contributed by atoms with van der Waals surface area (Å²) in [5, 5.41) is 1.12. The SMILES string of the molecule is Brc1nsc(CCC2CCOC2)n1. The molecule has 13 heavy (non-hydrogen) atoms. The van der Waals surface area contributed by atoms with Gasteiger partial charge in [-0.25, -0.2) is 4.98 Å². The molecule has 2 heterocycles. The smallest absolute Gasteiger partial charge is 0.209 e.